The van der Waals surface area contributed by atoms with E-state index in [1.54, 1.807) is 12.1 Å². The van der Waals surface area contributed by atoms with Gasteiger partial charge in [-0.2, -0.15) is 18.4 Å². The summed E-state index contributed by atoms with van der Waals surface area (Å²) in [4.78, 5) is 5.26. The predicted octanol–water partition coefficient (Wildman–Crippen LogP) is 9.18. The molecule has 0 saturated carbocycles. The second kappa shape index (κ2) is 12.2. The van der Waals surface area contributed by atoms with Crippen LogP contribution < -0.4 is 0 Å². The maximum Gasteiger partial charge on any atom is 0.416 e. The molecule has 200 valence electrons. The maximum absolute atomic E-state index is 13.4. The monoisotopic (exact) mass is 518 g/mol. The molecule has 5 heteroatoms. The molecule has 0 spiro atoms. The molecule has 4 rings (SSSR count). The van der Waals surface area contributed by atoms with Crippen molar-refractivity contribution in [2.45, 2.75) is 96.1 Å². The molecule has 1 aliphatic rings. The zero-order chi connectivity index (χ0) is 27.2. The van der Waals surface area contributed by atoms with Crippen molar-refractivity contribution in [1.82, 2.24) is 4.98 Å². The molecule has 38 heavy (non-hydrogen) atoms. The van der Waals surface area contributed by atoms with Gasteiger partial charge in [0.15, 0.2) is 0 Å². The average Bonchev–Trinajstić information content (AvgIpc) is 3.27. The van der Waals surface area contributed by atoms with Crippen LogP contribution in [0.4, 0.5) is 13.2 Å². The number of aromatic nitrogens is 1. The van der Waals surface area contributed by atoms with Gasteiger partial charge < -0.3 is 0 Å². The molecule has 2 aromatic carbocycles. The standard InChI is InChI=1S/C33H37F3N2/c1-3-5-8-14-27-29(15-9-6-4-2)38-31-28(30(27)25-16-18-26(19-17-25)33(34,35)36)20-21-32(31,23-37)22-24-12-10-7-11-13-24/h7,10-13,16-19H,3-6,8-9,14-15,20-22H2,1-2H3. The van der Waals surface area contributed by atoms with E-state index in [0.29, 0.717) is 19.3 Å². The number of fused-ring (bicyclic) bond motifs is 1. The molecular weight excluding hydrogens is 481 g/mol. The van der Waals surface area contributed by atoms with Crippen LogP contribution in [-0.2, 0) is 37.3 Å². The lowest BCUT2D eigenvalue weighted by Crippen LogP contribution is -2.26. The predicted molar refractivity (Wildman–Crippen MR) is 147 cm³/mol. The Morgan fingerprint density at radius 2 is 1.55 bits per heavy atom. The largest absolute Gasteiger partial charge is 0.416 e. The second-order valence-corrected chi connectivity index (χ2v) is 10.6. The first-order chi connectivity index (χ1) is 18.3. The Labute approximate surface area is 224 Å². The normalized spacial score (nSPS) is 16.8. The molecule has 1 aliphatic carbocycles. The van der Waals surface area contributed by atoms with Crippen LogP contribution in [0.5, 0.6) is 0 Å². The van der Waals surface area contributed by atoms with Crippen LogP contribution in [0.15, 0.2) is 54.6 Å². The lowest BCUT2D eigenvalue weighted by atomic mass is 9.79. The first-order valence-corrected chi connectivity index (χ1v) is 14.0. The maximum atomic E-state index is 13.4. The number of hydrogen-bond donors (Lipinski definition) is 0. The molecule has 0 amide bonds. The Balaban J connectivity index is 1.90. The van der Waals surface area contributed by atoms with Crippen molar-refractivity contribution < 1.29 is 13.2 Å². The smallest absolute Gasteiger partial charge is 0.256 e. The average molecular weight is 519 g/mol. The Morgan fingerprint density at radius 1 is 0.895 bits per heavy atom. The molecule has 1 atom stereocenters. The van der Waals surface area contributed by atoms with Gasteiger partial charge in [-0.05, 0) is 84.9 Å². The zero-order valence-corrected chi connectivity index (χ0v) is 22.5. The number of alkyl halides is 3. The fourth-order valence-corrected chi connectivity index (χ4v) is 5.82. The van der Waals surface area contributed by atoms with Gasteiger partial charge in [-0.25, -0.2) is 0 Å². The van der Waals surface area contributed by atoms with Crippen LogP contribution in [0.1, 0.15) is 92.4 Å². The summed E-state index contributed by atoms with van der Waals surface area (Å²) >= 11 is 0. The zero-order valence-electron chi connectivity index (χ0n) is 22.5. The molecule has 0 N–H and O–H groups in total. The number of benzene rings is 2. The van der Waals surface area contributed by atoms with Gasteiger partial charge in [0, 0.05) is 5.69 Å². The third kappa shape index (κ3) is 5.96. The highest BCUT2D eigenvalue weighted by Crippen LogP contribution is 2.46. The summed E-state index contributed by atoms with van der Waals surface area (Å²) < 4.78 is 40.1. The molecule has 1 heterocycles. The highest BCUT2D eigenvalue weighted by Gasteiger charge is 2.43. The Morgan fingerprint density at radius 3 is 2.16 bits per heavy atom. The van der Waals surface area contributed by atoms with E-state index in [2.05, 4.69) is 32.0 Å². The number of aryl methyl sites for hydroxylation is 1. The summed E-state index contributed by atoms with van der Waals surface area (Å²) in [6, 6.07) is 18.3. The van der Waals surface area contributed by atoms with Crippen molar-refractivity contribution in [3.8, 4) is 17.2 Å². The molecule has 3 aromatic rings. The van der Waals surface area contributed by atoms with Crippen LogP contribution in [0, 0.1) is 11.3 Å². The van der Waals surface area contributed by atoms with Crippen LogP contribution in [-0.4, -0.2) is 4.98 Å². The molecule has 1 aromatic heterocycles. The van der Waals surface area contributed by atoms with Gasteiger partial charge in [0.25, 0.3) is 0 Å². The molecule has 2 nitrogen and oxygen atoms in total. The van der Waals surface area contributed by atoms with E-state index in [4.69, 9.17) is 4.98 Å². The molecule has 0 bridgehead atoms. The summed E-state index contributed by atoms with van der Waals surface area (Å²) in [5.74, 6) is 0. The van der Waals surface area contributed by atoms with E-state index in [-0.39, 0.29) is 0 Å². The van der Waals surface area contributed by atoms with Crippen molar-refractivity contribution in [2.24, 2.45) is 0 Å². The van der Waals surface area contributed by atoms with Crippen molar-refractivity contribution in [2.75, 3.05) is 0 Å². The van der Waals surface area contributed by atoms with Crippen LogP contribution >= 0.6 is 0 Å². The van der Waals surface area contributed by atoms with Gasteiger partial charge in [0.1, 0.15) is 5.41 Å². The molecular formula is C33H37F3N2. The van der Waals surface area contributed by atoms with Gasteiger partial charge in [-0.1, -0.05) is 82.0 Å². The summed E-state index contributed by atoms with van der Waals surface area (Å²) in [5.41, 5.74) is 5.62. The molecule has 0 aliphatic heterocycles. The molecule has 1 unspecified atom stereocenters. The number of hydrogen-bond acceptors (Lipinski definition) is 2. The molecule has 0 fully saturated rings. The molecule has 0 saturated heterocycles. The minimum absolute atomic E-state index is 0.584. The fraction of sp³-hybridized carbons (Fsp3) is 0.455. The lowest BCUT2D eigenvalue weighted by molar-refractivity contribution is -0.137. The SMILES string of the molecule is CCCCCc1nc2c(c(-c3ccc(C(F)(F)F)cc3)c1CCCCC)CCC2(C#N)Cc1ccccc1. The topological polar surface area (TPSA) is 36.7 Å². The van der Waals surface area contributed by atoms with Crippen LogP contribution in [0.2, 0.25) is 0 Å². The Hall–Kier alpha value is -3.13. The fourth-order valence-electron chi connectivity index (χ4n) is 5.82. The number of halogens is 3. The minimum atomic E-state index is -4.38. The van der Waals surface area contributed by atoms with Gasteiger partial charge in [-0.3, -0.25) is 4.98 Å². The highest BCUT2D eigenvalue weighted by atomic mass is 19.4. The van der Waals surface area contributed by atoms with Gasteiger partial charge >= 0.3 is 6.18 Å². The number of nitrogens with zero attached hydrogens (tertiary/aromatic N) is 2. The van der Waals surface area contributed by atoms with E-state index < -0.39 is 17.2 Å². The van der Waals surface area contributed by atoms with E-state index in [9.17, 15) is 18.4 Å². The summed E-state index contributed by atoms with van der Waals surface area (Å²) in [7, 11) is 0. The second-order valence-electron chi connectivity index (χ2n) is 10.6. The Kier molecular flexibility index (Phi) is 8.92. The quantitative estimate of drug-likeness (QED) is 0.237. The Bertz CT molecular complexity index is 1260. The third-order valence-electron chi connectivity index (χ3n) is 7.85. The van der Waals surface area contributed by atoms with E-state index in [1.807, 2.05) is 18.2 Å². The van der Waals surface area contributed by atoms with Crippen molar-refractivity contribution in [3.63, 3.8) is 0 Å². The van der Waals surface area contributed by atoms with Crippen LogP contribution in [0.3, 0.4) is 0 Å². The van der Waals surface area contributed by atoms with Gasteiger partial charge in [-0.15, -0.1) is 0 Å². The van der Waals surface area contributed by atoms with E-state index in [1.165, 1.54) is 17.7 Å². The summed E-state index contributed by atoms with van der Waals surface area (Å²) in [6.07, 6.45) is 5.64. The first kappa shape index (κ1) is 27.9. The van der Waals surface area contributed by atoms with E-state index >= 15 is 0 Å². The summed E-state index contributed by atoms with van der Waals surface area (Å²) in [5, 5.41) is 10.5. The highest BCUT2D eigenvalue weighted by molar-refractivity contribution is 5.75. The van der Waals surface area contributed by atoms with Gasteiger partial charge in [0.05, 0.1) is 17.3 Å². The first-order valence-electron chi connectivity index (χ1n) is 14.0. The van der Waals surface area contributed by atoms with Gasteiger partial charge in [0.2, 0.25) is 0 Å². The molecule has 0 radical (unpaired) electrons. The van der Waals surface area contributed by atoms with Crippen molar-refractivity contribution in [1.29, 1.82) is 5.26 Å². The number of pyridine rings is 1. The third-order valence-corrected chi connectivity index (χ3v) is 7.85. The number of rotatable bonds is 11. The van der Waals surface area contributed by atoms with E-state index in [0.717, 1.165) is 85.0 Å². The summed E-state index contributed by atoms with van der Waals surface area (Å²) in [6.45, 7) is 4.34. The lowest BCUT2D eigenvalue weighted by Gasteiger charge is -2.25. The minimum Gasteiger partial charge on any atom is -0.256 e. The van der Waals surface area contributed by atoms with Crippen molar-refractivity contribution in [3.05, 3.63) is 88.2 Å². The van der Waals surface area contributed by atoms with Crippen molar-refractivity contribution >= 4 is 0 Å². The number of nitriles is 1. The van der Waals surface area contributed by atoms with Crippen LogP contribution in [0.25, 0.3) is 11.1 Å². The number of unbranched alkanes of at least 4 members (excludes halogenated alkanes) is 4.